The molecule has 0 saturated heterocycles. The smallest absolute Gasteiger partial charge is 0.323 e. The molecule has 0 fully saturated rings. The van der Waals surface area contributed by atoms with Crippen LogP contribution in [0.25, 0.3) is 0 Å². The van der Waals surface area contributed by atoms with Crippen LogP contribution in [-0.4, -0.2) is 46.6 Å². The summed E-state index contributed by atoms with van der Waals surface area (Å²) < 4.78 is 6.14. The zero-order valence-electron chi connectivity index (χ0n) is 24.5. The Morgan fingerprint density at radius 1 is 1.02 bits per heavy atom. The molecule has 7 nitrogen and oxygen atoms in total. The highest BCUT2D eigenvalue weighted by atomic mass is 35.5. The summed E-state index contributed by atoms with van der Waals surface area (Å²) >= 11 is 12.6. The van der Waals surface area contributed by atoms with Crippen LogP contribution in [0.15, 0.2) is 65.8 Å². The number of nitrogens with zero attached hydrogens (tertiary/aromatic N) is 3. The van der Waals surface area contributed by atoms with Crippen LogP contribution in [0.2, 0.25) is 10.0 Å². The molecule has 0 unspecified atom stereocenters. The summed E-state index contributed by atoms with van der Waals surface area (Å²) in [7, 11) is 0. The van der Waals surface area contributed by atoms with Gasteiger partial charge in [0.2, 0.25) is 0 Å². The molecule has 1 aliphatic rings. The van der Waals surface area contributed by atoms with Crippen LogP contribution in [0.4, 0.5) is 4.79 Å². The van der Waals surface area contributed by atoms with Crippen LogP contribution in [0.5, 0.6) is 5.75 Å². The maximum atomic E-state index is 14.2. The quantitative estimate of drug-likeness (QED) is 0.272. The lowest BCUT2D eigenvalue weighted by Crippen LogP contribution is -2.57. The molecule has 2 aromatic carbocycles. The zero-order valence-corrected chi connectivity index (χ0v) is 26.0. The zero-order chi connectivity index (χ0) is 30.0. The first kappa shape index (κ1) is 30.8. The summed E-state index contributed by atoms with van der Waals surface area (Å²) in [4.78, 5) is 26.0. The average molecular weight is 598 g/mol. The van der Waals surface area contributed by atoms with Crippen molar-refractivity contribution in [3.8, 4) is 5.75 Å². The number of nitrogens with one attached hydrogen (secondary N) is 1. The van der Waals surface area contributed by atoms with Gasteiger partial charge >= 0.3 is 6.03 Å². The molecule has 2 heterocycles. The number of urea groups is 1. The third-order valence-corrected chi connectivity index (χ3v) is 8.24. The third kappa shape index (κ3) is 5.81. The molecule has 0 bridgehead atoms. The van der Waals surface area contributed by atoms with Gasteiger partial charge in [-0.25, -0.2) is 4.79 Å². The van der Waals surface area contributed by atoms with E-state index in [1.165, 1.54) is 0 Å². The van der Waals surface area contributed by atoms with Crippen LogP contribution in [-0.2, 0) is 16.5 Å². The number of carbonyl (C=O) groups is 1. The maximum absolute atomic E-state index is 14.2. The van der Waals surface area contributed by atoms with Gasteiger partial charge in [0.1, 0.15) is 22.7 Å². The van der Waals surface area contributed by atoms with Crippen LogP contribution in [0, 0.1) is 0 Å². The van der Waals surface area contributed by atoms with Gasteiger partial charge in [-0.2, -0.15) is 0 Å². The lowest BCUT2D eigenvalue weighted by Gasteiger charge is -2.45. The fraction of sp³-hybridized carbons (Fsp3) is 0.406. The number of pyridine rings is 1. The molecule has 0 spiro atoms. The first-order valence-corrected chi connectivity index (χ1v) is 14.6. The normalized spacial score (nSPS) is 20.6. The van der Waals surface area contributed by atoms with Crippen molar-refractivity contribution in [2.75, 3.05) is 19.8 Å². The van der Waals surface area contributed by atoms with E-state index in [1.54, 1.807) is 11.1 Å². The molecule has 1 aliphatic heterocycles. The number of aromatic nitrogens is 1. The van der Waals surface area contributed by atoms with Crippen molar-refractivity contribution in [3.63, 3.8) is 0 Å². The molecule has 41 heavy (non-hydrogen) atoms. The Bertz CT molecular complexity index is 1420. The Balaban J connectivity index is 2.03. The van der Waals surface area contributed by atoms with Gasteiger partial charge in [-0.15, -0.1) is 0 Å². The van der Waals surface area contributed by atoms with Crippen molar-refractivity contribution < 1.29 is 14.6 Å². The standard InChI is InChI=1S/C32H38Cl2N4O3/c1-7-41-26-19-27(30(2,3)4)36-20-25(26)28-37-31(5,21-9-13-23(33)14-10-21)32(6,22-11-15-24(34)16-12-22)38(28)29(40)35-17-8-18-39/h9-16,19-20,39H,7-8,17-18H2,1-6H3,(H,35,40)/t31-,32+/m0/s1. The number of halogens is 2. The Morgan fingerprint density at radius 2 is 1.61 bits per heavy atom. The summed E-state index contributed by atoms with van der Waals surface area (Å²) in [5, 5.41) is 13.6. The highest BCUT2D eigenvalue weighted by Crippen LogP contribution is 2.53. The molecule has 2 atom stereocenters. The minimum absolute atomic E-state index is 0.0369. The topological polar surface area (TPSA) is 87.1 Å². The van der Waals surface area contributed by atoms with Gasteiger partial charge in [-0.05, 0) is 62.6 Å². The molecule has 4 rings (SSSR count). The molecule has 0 radical (unpaired) electrons. The molecule has 2 amide bonds. The van der Waals surface area contributed by atoms with Gasteiger partial charge in [0, 0.05) is 46.6 Å². The molecule has 218 valence electrons. The van der Waals surface area contributed by atoms with Crippen molar-refractivity contribution in [2.24, 2.45) is 4.99 Å². The number of ether oxygens (including phenoxy) is 1. The first-order chi connectivity index (χ1) is 19.4. The molecule has 0 saturated carbocycles. The van der Waals surface area contributed by atoms with E-state index < -0.39 is 11.1 Å². The fourth-order valence-electron chi connectivity index (χ4n) is 5.23. The highest BCUT2D eigenvalue weighted by molar-refractivity contribution is 6.30. The summed E-state index contributed by atoms with van der Waals surface area (Å²) in [6.45, 7) is 12.9. The maximum Gasteiger partial charge on any atom is 0.323 e. The summed E-state index contributed by atoms with van der Waals surface area (Å²) in [5.41, 5.74) is 1.00. The number of carbonyl (C=O) groups excluding carboxylic acids is 1. The summed E-state index contributed by atoms with van der Waals surface area (Å²) in [5.74, 6) is 1.02. The number of amidine groups is 1. The molecule has 3 aromatic rings. The second-order valence-corrected chi connectivity index (χ2v) is 12.4. The number of aliphatic hydroxyl groups excluding tert-OH is 1. The van der Waals surface area contributed by atoms with Crippen molar-refractivity contribution in [3.05, 3.63) is 93.2 Å². The van der Waals surface area contributed by atoms with Crippen molar-refractivity contribution in [2.45, 2.75) is 64.5 Å². The van der Waals surface area contributed by atoms with E-state index in [1.807, 2.05) is 75.4 Å². The monoisotopic (exact) mass is 596 g/mol. The molecule has 0 aliphatic carbocycles. The van der Waals surface area contributed by atoms with Gasteiger partial charge in [-0.1, -0.05) is 68.2 Å². The van der Waals surface area contributed by atoms with Crippen LogP contribution < -0.4 is 10.1 Å². The third-order valence-electron chi connectivity index (χ3n) is 7.74. The van der Waals surface area contributed by atoms with Crippen LogP contribution >= 0.6 is 23.2 Å². The molecule has 2 N–H and O–H groups in total. The van der Waals surface area contributed by atoms with E-state index in [-0.39, 0.29) is 18.1 Å². The van der Waals surface area contributed by atoms with Gasteiger partial charge in [0.25, 0.3) is 0 Å². The Labute approximate surface area is 252 Å². The Hall–Kier alpha value is -3.13. The van der Waals surface area contributed by atoms with Crippen molar-refractivity contribution >= 4 is 35.1 Å². The number of benzene rings is 2. The minimum Gasteiger partial charge on any atom is -0.493 e. The van der Waals surface area contributed by atoms with E-state index in [0.717, 1.165) is 16.8 Å². The minimum atomic E-state index is -1.02. The molecular weight excluding hydrogens is 559 g/mol. The number of hydrogen-bond acceptors (Lipinski definition) is 5. The summed E-state index contributed by atoms with van der Waals surface area (Å²) in [6, 6.07) is 16.6. The lowest BCUT2D eigenvalue weighted by molar-refractivity contribution is 0.134. The SMILES string of the molecule is CCOc1cc(C(C)(C)C)ncc1C1=N[C@@](C)(c2ccc(Cl)cc2)[C@@](C)(c2ccc(Cl)cc2)N1C(=O)NCCCO. The number of aliphatic hydroxyl groups is 1. The van der Waals surface area contributed by atoms with E-state index in [9.17, 15) is 9.90 Å². The second-order valence-electron chi connectivity index (χ2n) is 11.5. The number of hydrogen-bond donors (Lipinski definition) is 2. The lowest BCUT2D eigenvalue weighted by atomic mass is 9.71. The average Bonchev–Trinajstić information content (AvgIpc) is 3.17. The predicted octanol–water partition coefficient (Wildman–Crippen LogP) is 7.07. The second kappa shape index (κ2) is 12.0. The number of amides is 2. The molecule has 9 heteroatoms. The Morgan fingerprint density at radius 3 is 2.15 bits per heavy atom. The van der Waals surface area contributed by atoms with Crippen molar-refractivity contribution in [1.29, 1.82) is 0 Å². The Kier molecular flexibility index (Phi) is 9.02. The van der Waals surface area contributed by atoms with E-state index in [4.69, 9.17) is 37.9 Å². The highest BCUT2D eigenvalue weighted by Gasteiger charge is 2.59. The van der Waals surface area contributed by atoms with Gasteiger partial charge in [0.05, 0.1) is 12.2 Å². The van der Waals surface area contributed by atoms with Gasteiger partial charge < -0.3 is 15.2 Å². The first-order valence-electron chi connectivity index (χ1n) is 13.8. The number of aliphatic imine (C=N–C) groups is 1. The summed E-state index contributed by atoms with van der Waals surface area (Å²) in [6.07, 6.45) is 2.17. The van der Waals surface area contributed by atoms with E-state index >= 15 is 0 Å². The van der Waals surface area contributed by atoms with E-state index in [0.29, 0.717) is 46.8 Å². The molecular formula is C32H38Cl2N4O3. The molecule has 1 aromatic heterocycles. The van der Waals surface area contributed by atoms with Gasteiger partial charge in [-0.3, -0.25) is 14.9 Å². The van der Waals surface area contributed by atoms with Crippen LogP contribution in [0.1, 0.15) is 70.3 Å². The number of rotatable bonds is 8. The predicted molar refractivity (Wildman–Crippen MR) is 165 cm³/mol. The largest absolute Gasteiger partial charge is 0.493 e. The van der Waals surface area contributed by atoms with Crippen LogP contribution in [0.3, 0.4) is 0 Å². The fourth-order valence-corrected chi connectivity index (χ4v) is 5.48. The van der Waals surface area contributed by atoms with Crippen molar-refractivity contribution in [1.82, 2.24) is 15.2 Å². The van der Waals surface area contributed by atoms with Gasteiger partial charge in [0.15, 0.2) is 0 Å². The van der Waals surface area contributed by atoms with E-state index in [2.05, 4.69) is 26.1 Å².